The van der Waals surface area contributed by atoms with Gasteiger partial charge in [-0.3, -0.25) is 0 Å². The third-order valence-electron chi connectivity index (χ3n) is 2.42. The maximum absolute atomic E-state index is 6.18. The molecule has 0 aromatic heterocycles. The highest BCUT2D eigenvalue weighted by Crippen LogP contribution is 2.36. The number of methoxy groups -OCH3 is 3. The Bertz CT molecular complexity index is 387. The van der Waals surface area contributed by atoms with Gasteiger partial charge in [-0.2, -0.15) is 0 Å². The summed E-state index contributed by atoms with van der Waals surface area (Å²) >= 11 is 6.18. The van der Waals surface area contributed by atoms with Crippen LogP contribution in [0.1, 0.15) is 5.56 Å². The van der Waals surface area contributed by atoms with Crippen LogP contribution in [0, 0.1) is 0 Å². The van der Waals surface area contributed by atoms with Crippen molar-refractivity contribution >= 4 is 11.6 Å². The third kappa shape index (κ3) is 5.24. The lowest BCUT2D eigenvalue weighted by Gasteiger charge is -2.14. The summed E-state index contributed by atoms with van der Waals surface area (Å²) in [6.07, 6.45) is 0. The standard InChI is InChI=1S/C13H20ClNO4/c1-16-5-4-15-8-10-6-11(14)13(19-9-17-2)12(7-10)18-3/h6-7,15H,4-5,8-9H2,1-3H3. The summed E-state index contributed by atoms with van der Waals surface area (Å²) in [7, 11) is 4.80. The molecule has 0 radical (unpaired) electrons. The van der Waals surface area contributed by atoms with E-state index in [1.165, 1.54) is 0 Å². The van der Waals surface area contributed by atoms with Crippen LogP contribution in [-0.2, 0) is 16.0 Å². The first-order chi connectivity index (χ1) is 9.22. The molecular weight excluding hydrogens is 270 g/mol. The second-order valence-corrected chi connectivity index (χ2v) is 4.24. The lowest BCUT2D eigenvalue weighted by molar-refractivity contribution is 0.0492. The van der Waals surface area contributed by atoms with E-state index in [1.54, 1.807) is 21.3 Å². The molecule has 0 aliphatic rings. The first-order valence-electron chi connectivity index (χ1n) is 5.90. The molecule has 1 rings (SSSR count). The van der Waals surface area contributed by atoms with Gasteiger partial charge >= 0.3 is 0 Å². The van der Waals surface area contributed by atoms with Crippen LogP contribution in [0.15, 0.2) is 12.1 Å². The van der Waals surface area contributed by atoms with Crippen molar-refractivity contribution < 1.29 is 18.9 Å². The highest BCUT2D eigenvalue weighted by molar-refractivity contribution is 6.32. The monoisotopic (exact) mass is 289 g/mol. The second-order valence-electron chi connectivity index (χ2n) is 3.83. The Morgan fingerprint density at radius 3 is 2.58 bits per heavy atom. The Balaban J connectivity index is 2.71. The normalized spacial score (nSPS) is 10.5. The second kappa shape index (κ2) is 8.98. The minimum absolute atomic E-state index is 0.127. The van der Waals surface area contributed by atoms with Crippen molar-refractivity contribution in [3.63, 3.8) is 0 Å². The molecular formula is C13H20ClNO4. The van der Waals surface area contributed by atoms with Gasteiger partial charge in [-0.05, 0) is 17.7 Å². The lowest BCUT2D eigenvalue weighted by Crippen LogP contribution is -2.18. The van der Waals surface area contributed by atoms with Gasteiger partial charge in [0, 0.05) is 27.3 Å². The lowest BCUT2D eigenvalue weighted by atomic mass is 10.2. The average Bonchev–Trinajstić information content (AvgIpc) is 2.42. The fourth-order valence-corrected chi connectivity index (χ4v) is 1.83. The molecule has 0 bridgehead atoms. The minimum Gasteiger partial charge on any atom is -0.493 e. The molecule has 1 aromatic carbocycles. The van der Waals surface area contributed by atoms with E-state index in [1.807, 2.05) is 12.1 Å². The molecule has 0 saturated heterocycles. The molecule has 0 fully saturated rings. The predicted molar refractivity (Wildman–Crippen MR) is 74.1 cm³/mol. The molecule has 1 aromatic rings. The van der Waals surface area contributed by atoms with Crippen molar-refractivity contribution in [2.45, 2.75) is 6.54 Å². The van der Waals surface area contributed by atoms with Crippen molar-refractivity contribution in [3.8, 4) is 11.5 Å². The van der Waals surface area contributed by atoms with Crippen molar-refractivity contribution in [1.29, 1.82) is 0 Å². The smallest absolute Gasteiger partial charge is 0.188 e. The summed E-state index contributed by atoms with van der Waals surface area (Å²) in [5, 5.41) is 3.74. The number of ether oxygens (including phenoxy) is 4. The maximum atomic E-state index is 6.18. The zero-order valence-corrected chi connectivity index (χ0v) is 12.3. The SMILES string of the molecule is COCCNCc1cc(Cl)c(OCOC)c(OC)c1. The van der Waals surface area contributed by atoms with E-state index in [9.17, 15) is 0 Å². The summed E-state index contributed by atoms with van der Waals surface area (Å²) in [5.74, 6) is 1.08. The van der Waals surface area contributed by atoms with Gasteiger partial charge in [0.1, 0.15) is 0 Å². The number of nitrogens with one attached hydrogen (secondary N) is 1. The summed E-state index contributed by atoms with van der Waals surface area (Å²) < 4.78 is 20.5. The van der Waals surface area contributed by atoms with Gasteiger partial charge in [-0.15, -0.1) is 0 Å². The molecule has 1 N–H and O–H groups in total. The summed E-state index contributed by atoms with van der Waals surface area (Å²) in [6.45, 7) is 2.25. The summed E-state index contributed by atoms with van der Waals surface area (Å²) in [4.78, 5) is 0. The Morgan fingerprint density at radius 2 is 1.95 bits per heavy atom. The highest BCUT2D eigenvalue weighted by atomic mass is 35.5. The van der Waals surface area contributed by atoms with Crippen LogP contribution in [0.3, 0.4) is 0 Å². The fourth-order valence-electron chi connectivity index (χ4n) is 1.54. The Kier molecular flexibility index (Phi) is 7.59. The number of rotatable bonds is 9. The Morgan fingerprint density at radius 1 is 1.16 bits per heavy atom. The molecule has 0 aliphatic carbocycles. The molecule has 0 atom stereocenters. The first kappa shape index (κ1) is 16.0. The van der Waals surface area contributed by atoms with E-state index in [0.717, 1.165) is 12.1 Å². The van der Waals surface area contributed by atoms with Crippen molar-refractivity contribution in [2.75, 3.05) is 41.3 Å². The number of hydrogen-bond donors (Lipinski definition) is 1. The Labute approximate surface area is 118 Å². The quantitative estimate of drug-likeness (QED) is 0.557. The van der Waals surface area contributed by atoms with Gasteiger partial charge < -0.3 is 24.3 Å². The zero-order chi connectivity index (χ0) is 14.1. The van der Waals surface area contributed by atoms with Crippen LogP contribution in [0.2, 0.25) is 5.02 Å². The predicted octanol–water partition coefficient (Wildman–Crippen LogP) is 2.07. The van der Waals surface area contributed by atoms with Crippen LogP contribution in [0.25, 0.3) is 0 Å². The number of hydrogen-bond acceptors (Lipinski definition) is 5. The molecule has 0 saturated carbocycles. The molecule has 0 spiro atoms. The third-order valence-corrected chi connectivity index (χ3v) is 2.70. The van der Waals surface area contributed by atoms with Crippen LogP contribution in [0.5, 0.6) is 11.5 Å². The average molecular weight is 290 g/mol. The molecule has 6 heteroatoms. The van der Waals surface area contributed by atoms with Crippen LogP contribution < -0.4 is 14.8 Å². The van der Waals surface area contributed by atoms with Gasteiger partial charge in [-0.25, -0.2) is 0 Å². The zero-order valence-electron chi connectivity index (χ0n) is 11.5. The summed E-state index contributed by atoms with van der Waals surface area (Å²) in [5.41, 5.74) is 1.02. The molecule has 0 heterocycles. The maximum Gasteiger partial charge on any atom is 0.188 e. The highest BCUT2D eigenvalue weighted by Gasteiger charge is 2.11. The number of halogens is 1. The number of benzene rings is 1. The Hall–Kier alpha value is -1.01. The van der Waals surface area contributed by atoms with Crippen LogP contribution >= 0.6 is 11.6 Å². The van der Waals surface area contributed by atoms with E-state index in [2.05, 4.69) is 5.32 Å². The van der Waals surface area contributed by atoms with Gasteiger partial charge in [-0.1, -0.05) is 11.6 Å². The van der Waals surface area contributed by atoms with Crippen LogP contribution in [-0.4, -0.2) is 41.3 Å². The minimum atomic E-state index is 0.127. The van der Waals surface area contributed by atoms with E-state index in [0.29, 0.717) is 29.7 Å². The molecule has 108 valence electrons. The van der Waals surface area contributed by atoms with Crippen molar-refractivity contribution in [1.82, 2.24) is 5.32 Å². The molecule has 5 nitrogen and oxygen atoms in total. The van der Waals surface area contributed by atoms with E-state index >= 15 is 0 Å². The molecule has 0 aliphatic heterocycles. The van der Waals surface area contributed by atoms with E-state index in [-0.39, 0.29) is 6.79 Å². The largest absolute Gasteiger partial charge is 0.493 e. The fraction of sp³-hybridized carbons (Fsp3) is 0.538. The van der Waals surface area contributed by atoms with E-state index in [4.69, 9.17) is 30.5 Å². The van der Waals surface area contributed by atoms with Gasteiger partial charge in [0.05, 0.1) is 18.7 Å². The first-order valence-corrected chi connectivity index (χ1v) is 6.28. The van der Waals surface area contributed by atoms with E-state index < -0.39 is 0 Å². The van der Waals surface area contributed by atoms with Crippen LogP contribution in [0.4, 0.5) is 0 Å². The molecule has 0 amide bonds. The summed E-state index contributed by atoms with van der Waals surface area (Å²) in [6, 6.07) is 3.73. The topological polar surface area (TPSA) is 49.0 Å². The van der Waals surface area contributed by atoms with Gasteiger partial charge in [0.2, 0.25) is 0 Å². The van der Waals surface area contributed by atoms with Gasteiger partial charge in [0.25, 0.3) is 0 Å². The van der Waals surface area contributed by atoms with Crippen molar-refractivity contribution in [2.24, 2.45) is 0 Å². The molecule has 0 unspecified atom stereocenters. The molecule has 19 heavy (non-hydrogen) atoms. The van der Waals surface area contributed by atoms with Gasteiger partial charge in [0.15, 0.2) is 18.3 Å². The van der Waals surface area contributed by atoms with Crippen molar-refractivity contribution in [3.05, 3.63) is 22.7 Å².